The summed E-state index contributed by atoms with van der Waals surface area (Å²) in [6.07, 6.45) is 0.543. The van der Waals surface area contributed by atoms with E-state index >= 15 is 0 Å². The third-order valence-corrected chi connectivity index (χ3v) is 21.2. The number of allylic oxidation sites excluding steroid dienone is 1. The quantitative estimate of drug-likeness (QED) is 0.208. The number of Topliss-reactive ketones (excluding diaryl/α,β-unsaturated/α-hetero) is 1. The van der Waals surface area contributed by atoms with E-state index in [9.17, 15) is 14.9 Å². The van der Waals surface area contributed by atoms with Gasteiger partial charge in [0.25, 0.3) is 0 Å². The molecule has 2 fully saturated rings. The van der Waals surface area contributed by atoms with Crippen molar-refractivity contribution in [1.82, 2.24) is 0 Å². The fourth-order valence-electron chi connectivity index (χ4n) is 8.41. The highest BCUT2D eigenvalue weighted by Crippen LogP contribution is 2.56. The molecule has 6 atom stereocenters. The molecule has 0 radical (unpaired) electrons. The number of carbonyl (C=O) groups is 2. The summed E-state index contributed by atoms with van der Waals surface area (Å²) in [4.78, 5) is 25.8. The van der Waals surface area contributed by atoms with Crippen LogP contribution in [0.4, 0.5) is 0 Å². The lowest BCUT2D eigenvalue weighted by atomic mass is 9.84. The molecule has 0 aromatic carbocycles. The Morgan fingerprint density at radius 2 is 1.59 bits per heavy atom. The monoisotopic (exact) mass is 647 g/mol. The van der Waals surface area contributed by atoms with E-state index in [1.54, 1.807) is 6.08 Å². The largest absolute Gasteiger partial charge is 0.481 e. The number of ketones is 1. The molecule has 4 aliphatic rings. The van der Waals surface area contributed by atoms with E-state index < -0.39 is 59.0 Å². The average Bonchev–Trinajstić information content (AvgIpc) is 3.47. The number of carbonyl (C=O) groups excluding carboxylic acids is 2. The number of rotatable bonds is 8. The third-order valence-electron chi connectivity index (χ3n) is 10.00. The summed E-state index contributed by atoms with van der Waals surface area (Å²) in [6, 6.07) is 2.10. The molecule has 9 nitrogen and oxygen atoms in total. The lowest BCUT2D eigenvalue weighted by Crippen LogP contribution is -2.68. The van der Waals surface area contributed by atoms with Crippen molar-refractivity contribution in [1.29, 1.82) is 5.26 Å². The molecule has 2 bridgehead atoms. The summed E-state index contributed by atoms with van der Waals surface area (Å²) in [5, 5.41) is 9.36. The van der Waals surface area contributed by atoms with Crippen LogP contribution in [0.3, 0.4) is 0 Å². The molecule has 0 spiro atoms. The molecule has 11 heteroatoms. The molecule has 0 saturated carbocycles. The highest BCUT2D eigenvalue weighted by Gasteiger charge is 2.65. The zero-order chi connectivity index (χ0) is 33.2. The Balaban J connectivity index is 1.77. The topological polar surface area (TPSA) is 113 Å². The van der Waals surface area contributed by atoms with Crippen molar-refractivity contribution in [3.63, 3.8) is 0 Å². The zero-order valence-electron chi connectivity index (χ0n) is 28.9. The number of ether oxygens (including phenoxy) is 3. The summed E-state index contributed by atoms with van der Waals surface area (Å²) < 4.78 is 39.1. The molecule has 0 unspecified atom stereocenters. The van der Waals surface area contributed by atoms with Gasteiger partial charge < -0.3 is 27.5 Å². The van der Waals surface area contributed by atoms with Crippen LogP contribution < -0.4 is 0 Å². The number of fused-ring (bicyclic) bond motifs is 3. The van der Waals surface area contributed by atoms with Crippen LogP contribution in [0.25, 0.3) is 0 Å². The maximum absolute atomic E-state index is 14.1. The van der Waals surface area contributed by atoms with Crippen LogP contribution in [0.5, 0.6) is 0 Å². The molecule has 246 valence electrons. The second-order valence-corrected chi connectivity index (χ2v) is 26.1. The Kier molecular flexibility index (Phi) is 9.37. The molecule has 4 heterocycles. The van der Waals surface area contributed by atoms with Crippen LogP contribution in [0, 0.1) is 11.3 Å². The maximum Gasteiger partial charge on any atom is 0.349 e. The van der Waals surface area contributed by atoms with Crippen molar-refractivity contribution in [2.75, 3.05) is 6.61 Å². The number of hydrogen-bond donors (Lipinski definition) is 0. The predicted molar refractivity (Wildman–Crippen MR) is 171 cm³/mol. The van der Waals surface area contributed by atoms with Crippen molar-refractivity contribution < 1.29 is 37.1 Å². The van der Waals surface area contributed by atoms with Gasteiger partial charge in [0.05, 0.1) is 18.8 Å². The predicted octanol–water partition coefficient (Wildman–Crippen LogP) is 6.78. The summed E-state index contributed by atoms with van der Waals surface area (Å²) in [7, 11) is -5.29. The van der Waals surface area contributed by atoms with Gasteiger partial charge in [-0.2, -0.15) is 5.26 Å². The van der Waals surface area contributed by atoms with Gasteiger partial charge in [0.15, 0.2) is 5.76 Å². The normalized spacial score (nSPS) is 31.8. The fraction of sp³-hybridized carbons (Fsp3) is 0.788. The van der Waals surface area contributed by atoms with Crippen molar-refractivity contribution >= 4 is 28.6 Å². The van der Waals surface area contributed by atoms with Gasteiger partial charge in [0.2, 0.25) is 19.7 Å². The Hall–Kier alpha value is -1.82. The van der Waals surface area contributed by atoms with Gasteiger partial charge >= 0.3 is 14.5 Å². The number of hydrogen-bond acceptors (Lipinski definition) is 9. The fourth-order valence-corrected chi connectivity index (χ4v) is 18.9. The molecule has 4 rings (SSSR count). The summed E-state index contributed by atoms with van der Waals surface area (Å²) in [5.41, 5.74) is -0.0573. The molecular formula is C33H53NO8Si2. The minimum atomic E-state index is -2.87. The van der Waals surface area contributed by atoms with Gasteiger partial charge in [-0.15, -0.1) is 0 Å². The average molecular weight is 648 g/mol. The zero-order valence-corrected chi connectivity index (χ0v) is 30.9. The molecule has 4 aliphatic heterocycles. The Morgan fingerprint density at radius 1 is 1.02 bits per heavy atom. The van der Waals surface area contributed by atoms with Crippen LogP contribution in [0.15, 0.2) is 23.5 Å². The summed E-state index contributed by atoms with van der Waals surface area (Å²) in [6.45, 7) is 28.1. The molecule has 2 saturated heterocycles. The van der Waals surface area contributed by atoms with Crippen molar-refractivity contribution in [3.8, 4) is 6.07 Å². The van der Waals surface area contributed by atoms with Gasteiger partial charge in [-0.1, -0.05) is 83.1 Å². The molecule has 0 aromatic rings. The van der Waals surface area contributed by atoms with E-state index in [0.29, 0.717) is 28.8 Å². The maximum atomic E-state index is 14.1. The van der Waals surface area contributed by atoms with Crippen molar-refractivity contribution in [2.45, 2.75) is 159 Å². The van der Waals surface area contributed by atoms with Gasteiger partial charge in [-0.05, 0) is 28.8 Å². The van der Waals surface area contributed by atoms with E-state index in [1.165, 1.54) is 6.92 Å². The third kappa shape index (κ3) is 5.58. The van der Waals surface area contributed by atoms with Gasteiger partial charge in [0.1, 0.15) is 24.4 Å². The van der Waals surface area contributed by atoms with E-state index in [4.69, 9.17) is 27.5 Å². The summed E-state index contributed by atoms with van der Waals surface area (Å²) in [5.74, 6) is -0.699. The molecule has 0 aromatic heterocycles. The lowest BCUT2D eigenvalue weighted by Gasteiger charge is -2.57. The SMILES string of the molecule is CC(=O)O[C@@]1(C#N)C[C@@H]2O[C@H]1C=C2C(=O)C1=C[C@@H](O[Si](C(C)C)(C(C)C)C(C)C)[C@@H]2O[Si](C(C)(C)C)(C(C)(C)C)OC[C@H]2O1. The first-order valence-corrected chi connectivity index (χ1v) is 20.0. The second-order valence-electron chi connectivity index (χ2n) is 15.9. The van der Waals surface area contributed by atoms with Crippen LogP contribution in [-0.4, -0.2) is 71.4 Å². The van der Waals surface area contributed by atoms with Crippen LogP contribution in [-0.2, 0) is 37.1 Å². The van der Waals surface area contributed by atoms with Gasteiger partial charge in [-0.3, -0.25) is 9.59 Å². The molecule has 0 amide bonds. The molecular weight excluding hydrogens is 595 g/mol. The molecule has 0 N–H and O–H groups in total. The van der Waals surface area contributed by atoms with Crippen LogP contribution >= 0.6 is 0 Å². The van der Waals surface area contributed by atoms with Gasteiger partial charge in [0, 0.05) is 29.0 Å². The second kappa shape index (κ2) is 11.8. The Morgan fingerprint density at radius 3 is 2.02 bits per heavy atom. The van der Waals surface area contributed by atoms with Gasteiger partial charge in [-0.25, -0.2) is 0 Å². The first-order chi connectivity index (χ1) is 20.2. The summed E-state index contributed by atoms with van der Waals surface area (Å²) >= 11 is 0. The van der Waals surface area contributed by atoms with Crippen LogP contribution in [0.2, 0.25) is 26.7 Å². The molecule has 0 aliphatic carbocycles. The smallest absolute Gasteiger partial charge is 0.349 e. The molecule has 44 heavy (non-hydrogen) atoms. The first kappa shape index (κ1) is 35.0. The van der Waals surface area contributed by atoms with Crippen LogP contribution in [0.1, 0.15) is 96.4 Å². The first-order valence-electron chi connectivity index (χ1n) is 16.1. The van der Waals surface area contributed by atoms with E-state index in [-0.39, 0.29) is 28.0 Å². The minimum absolute atomic E-state index is 0.0894. The Bertz CT molecular complexity index is 1220. The number of nitrogens with zero attached hydrogens (tertiary/aromatic N) is 1. The Labute approximate surface area is 266 Å². The van der Waals surface area contributed by atoms with E-state index in [2.05, 4.69) is 89.2 Å². The van der Waals surface area contributed by atoms with Crippen molar-refractivity contribution in [2.24, 2.45) is 0 Å². The lowest BCUT2D eigenvalue weighted by molar-refractivity contribution is -0.154. The standard InChI is InChI=1S/C33H53NO8Si2/c1-19(2)43(20(3)4,21(5)6)41-25-15-24(29(36)23-14-28-33(18-34,40-22(7)35)16-26(23)39-28)38-27-17-37-44(31(8,9)10,32(11,12)13)42-30(25)27/h14-15,19-21,25-28,30H,16-17H2,1-13H3/t25-,26+,27-,28+,30+,33-/m1/s1. The van der Waals surface area contributed by atoms with E-state index in [0.717, 1.165) is 0 Å². The number of nitriles is 1. The highest BCUT2D eigenvalue weighted by atomic mass is 28.4. The van der Waals surface area contributed by atoms with Crippen molar-refractivity contribution in [3.05, 3.63) is 23.5 Å². The van der Waals surface area contributed by atoms with E-state index in [1.807, 2.05) is 6.08 Å². The minimum Gasteiger partial charge on any atom is -0.481 e. The number of esters is 1. The highest BCUT2D eigenvalue weighted by molar-refractivity contribution is 6.77.